The average Bonchev–Trinajstić information content (AvgIpc) is 2.92. The van der Waals surface area contributed by atoms with E-state index in [0.717, 1.165) is 24.2 Å². The number of aromatic nitrogens is 2. The maximum absolute atomic E-state index is 6.06. The monoisotopic (exact) mass is 261 g/mol. The van der Waals surface area contributed by atoms with E-state index in [0.29, 0.717) is 11.8 Å². The molecule has 0 saturated heterocycles. The van der Waals surface area contributed by atoms with Gasteiger partial charge in [-0.25, -0.2) is 0 Å². The second-order valence-corrected chi connectivity index (χ2v) is 4.28. The lowest BCUT2D eigenvalue weighted by atomic mass is 10.0. The first-order chi connectivity index (χ1) is 9.24. The maximum Gasteiger partial charge on any atom is 0.253 e. The summed E-state index contributed by atoms with van der Waals surface area (Å²) in [5.41, 5.74) is 7.06. The number of benzene rings is 1. The molecule has 0 aliphatic rings. The fourth-order valence-corrected chi connectivity index (χ4v) is 1.77. The average molecular weight is 261 g/mol. The van der Waals surface area contributed by atoms with Gasteiger partial charge in [0, 0.05) is 18.0 Å². The van der Waals surface area contributed by atoms with Crippen molar-refractivity contribution in [3.05, 3.63) is 41.6 Å². The smallest absolute Gasteiger partial charge is 0.253 e. The van der Waals surface area contributed by atoms with Gasteiger partial charge in [-0.1, -0.05) is 32.0 Å². The summed E-state index contributed by atoms with van der Waals surface area (Å²) >= 11 is 0. The summed E-state index contributed by atoms with van der Waals surface area (Å²) < 4.78 is 11.1. The van der Waals surface area contributed by atoms with Crippen molar-refractivity contribution in [2.75, 3.05) is 0 Å². The molecular weight excluding hydrogens is 242 g/mol. The number of nitrogens with two attached hydrogens (primary N) is 1. The SMILES string of the molecule is CCc1nnc(COc2ccccc2[C@H](N)CC)o1. The number of rotatable bonds is 6. The van der Waals surface area contributed by atoms with Crippen molar-refractivity contribution in [3.63, 3.8) is 0 Å². The fourth-order valence-electron chi connectivity index (χ4n) is 1.77. The van der Waals surface area contributed by atoms with E-state index in [9.17, 15) is 0 Å². The highest BCUT2D eigenvalue weighted by molar-refractivity contribution is 5.35. The van der Waals surface area contributed by atoms with Gasteiger partial charge in [0.15, 0.2) is 6.61 Å². The summed E-state index contributed by atoms with van der Waals surface area (Å²) in [6.45, 7) is 4.28. The van der Waals surface area contributed by atoms with Gasteiger partial charge in [0.2, 0.25) is 5.89 Å². The Balaban J connectivity index is 2.06. The van der Waals surface area contributed by atoms with Gasteiger partial charge < -0.3 is 14.9 Å². The van der Waals surface area contributed by atoms with E-state index in [1.807, 2.05) is 38.1 Å². The third-order valence-electron chi connectivity index (χ3n) is 2.92. The lowest BCUT2D eigenvalue weighted by Crippen LogP contribution is -2.10. The fraction of sp³-hybridized carbons (Fsp3) is 0.429. The van der Waals surface area contributed by atoms with E-state index >= 15 is 0 Å². The van der Waals surface area contributed by atoms with Crippen LogP contribution in [0.25, 0.3) is 0 Å². The zero-order chi connectivity index (χ0) is 13.7. The zero-order valence-corrected chi connectivity index (χ0v) is 11.3. The van der Waals surface area contributed by atoms with Crippen molar-refractivity contribution in [3.8, 4) is 5.75 Å². The minimum absolute atomic E-state index is 0.0231. The zero-order valence-electron chi connectivity index (χ0n) is 11.3. The Morgan fingerprint density at radius 3 is 2.63 bits per heavy atom. The quantitative estimate of drug-likeness (QED) is 0.865. The van der Waals surface area contributed by atoms with Crippen molar-refractivity contribution < 1.29 is 9.15 Å². The summed E-state index contributed by atoms with van der Waals surface area (Å²) in [6.07, 6.45) is 1.59. The van der Waals surface area contributed by atoms with Gasteiger partial charge in [-0.05, 0) is 12.5 Å². The van der Waals surface area contributed by atoms with E-state index < -0.39 is 0 Å². The molecule has 2 rings (SSSR count). The van der Waals surface area contributed by atoms with Crippen molar-refractivity contribution in [2.45, 2.75) is 39.3 Å². The molecule has 102 valence electrons. The van der Waals surface area contributed by atoms with Crippen LogP contribution in [0.2, 0.25) is 0 Å². The van der Waals surface area contributed by atoms with E-state index in [1.54, 1.807) is 0 Å². The lowest BCUT2D eigenvalue weighted by molar-refractivity contribution is 0.255. The highest BCUT2D eigenvalue weighted by Crippen LogP contribution is 2.25. The van der Waals surface area contributed by atoms with Crippen molar-refractivity contribution in [1.82, 2.24) is 10.2 Å². The molecule has 2 aromatic rings. The Kier molecular flexibility index (Phi) is 4.52. The molecule has 5 heteroatoms. The van der Waals surface area contributed by atoms with Crippen LogP contribution in [-0.2, 0) is 13.0 Å². The van der Waals surface area contributed by atoms with Crippen molar-refractivity contribution in [1.29, 1.82) is 0 Å². The van der Waals surface area contributed by atoms with Crippen LogP contribution in [0.3, 0.4) is 0 Å². The predicted molar refractivity (Wildman–Crippen MR) is 71.7 cm³/mol. The molecule has 0 aliphatic carbocycles. The molecule has 1 atom stereocenters. The predicted octanol–water partition coefficient (Wildman–Crippen LogP) is 2.62. The Hall–Kier alpha value is -1.88. The molecule has 1 heterocycles. The summed E-state index contributed by atoms with van der Waals surface area (Å²) in [6, 6.07) is 7.74. The summed E-state index contributed by atoms with van der Waals surface area (Å²) in [5, 5.41) is 7.82. The van der Waals surface area contributed by atoms with Gasteiger partial charge in [0.1, 0.15) is 5.75 Å². The molecule has 0 saturated carbocycles. The first-order valence-electron chi connectivity index (χ1n) is 6.53. The Morgan fingerprint density at radius 2 is 1.95 bits per heavy atom. The lowest BCUT2D eigenvalue weighted by Gasteiger charge is -2.14. The molecule has 0 aliphatic heterocycles. The molecule has 1 aromatic carbocycles. The van der Waals surface area contributed by atoms with E-state index in [2.05, 4.69) is 10.2 Å². The van der Waals surface area contributed by atoms with Gasteiger partial charge in [-0.2, -0.15) is 0 Å². The second-order valence-electron chi connectivity index (χ2n) is 4.28. The molecule has 19 heavy (non-hydrogen) atoms. The first kappa shape index (κ1) is 13.5. The third-order valence-corrected chi connectivity index (χ3v) is 2.92. The van der Waals surface area contributed by atoms with E-state index in [-0.39, 0.29) is 12.6 Å². The normalized spacial score (nSPS) is 12.4. The van der Waals surface area contributed by atoms with E-state index in [1.165, 1.54) is 0 Å². The molecule has 1 aromatic heterocycles. The maximum atomic E-state index is 6.06. The molecular formula is C14H19N3O2. The highest BCUT2D eigenvalue weighted by Gasteiger charge is 2.11. The number of aryl methyl sites for hydroxylation is 1. The van der Waals surface area contributed by atoms with Gasteiger partial charge >= 0.3 is 0 Å². The van der Waals surface area contributed by atoms with Gasteiger partial charge in [-0.3, -0.25) is 0 Å². The molecule has 0 spiro atoms. The Labute approximate surface area is 112 Å². The van der Waals surface area contributed by atoms with Crippen LogP contribution in [0.15, 0.2) is 28.7 Å². The van der Waals surface area contributed by atoms with Crippen molar-refractivity contribution in [2.24, 2.45) is 5.73 Å². The summed E-state index contributed by atoms with van der Waals surface area (Å²) in [7, 11) is 0. The largest absolute Gasteiger partial charge is 0.483 e. The van der Waals surface area contributed by atoms with Crippen LogP contribution in [-0.4, -0.2) is 10.2 Å². The van der Waals surface area contributed by atoms with Gasteiger partial charge in [-0.15, -0.1) is 10.2 Å². The number of nitrogens with zero attached hydrogens (tertiary/aromatic N) is 2. The topological polar surface area (TPSA) is 74.2 Å². The third kappa shape index (κ3) is 3.32. The van der Waals surface area contributed by atoms with Crippen LogP contribution in [0.1, 0.15) is 43.7 Å². The van der Waals surface area contributed by atoms with Crippen LogP contribution in [0.5, 0.6) is 5.75 Å². The molecule has 2 N–H and O–H groups in total. The molecule has 0 bridgehead atoms. The Morgan fingerprint density at radius 1 is 1.21 bits per heavy atom. The van der Waals surface area contributed by atoms with Gasteiger partial charge in [0.25, 0.3) is 5.89 Å². The number of hydrogen-bond donors (Lipinski definition) is 1. The molecule has 0 radical (unpaired) electrons. The highest BCUT2D eigenvalue weighted by atomic mass is 16.5. The van der Waals surface area contributed by atoms with E-state index in [4.69, 9.17) is 14.9 Å². The van der Waals surface area contributed by atoms with Gasteiger partial charge in [0.05, 0.1) is 0 Å². The molecule has 0 fully saturated rings. The first-order valence-corrected chi connectivity index (χ1v) is 6.53. The van der Waals surface area contributed by atoms with Crippen LogP contribution in [0.4, 0.5) is 0 Å². The standard InChI is InChI=1S/C14H19N3O2/c1-3-11(15)10-7-5-6-8-12(10)18-9-14-17-16-13(4-2)19-14/h5-8,11H,3-4,9,15H2,1-2H3/t11-/m1/s1. The number of hydrogen-bond acceptors (Lipinski definition) is 5. The van der Waals surface area contributed by atoms with Crippen LogP contribution in [0, 0.1) is 0 Å². The minimum atomic E-state index is -0.0231. The summed E-state index contributed by atoms with van der Waals surface area (Å²) in [5.74, 6) is 1.88. The second kappa shape index (κ2) is 6.33. The van der Waals surface area contributed by atoms with Crippen LogP contribution >= 0.6 is 0 Å². The van der Waals surface area contributed by atoms with Crippen LogP contribution < -0.4 is 10.5 Å². The Bertz CT molecular complexity index is 525. The summed E-state index contributed by atoms with van der Waals surface area (Å²) in [4.78, 5) is 0. The molecule has 0 amide bonds. The molecule has 5 nitrogen and oxygen atoms in total. The minimum Gasteiger partial charge on any atom is -0.483 e. The number of para-hydroxylation sites is 1. The number of ether oxygens (including phenoxy) is 1. The van der Waals surface area contributed by atoms with Crippen molar-refractivity contribution >= 4 is 0 Å². The molecule has 0 unspecified atom stereocenters.